The largest absolute Gasteiger partial charge is 0.324 e. The van der Waals surface area contributed by atoms with Crippen LogP contribution >= 0.6 is 12.4 Å². The Bertz CT molecular complexity index is 1440. The van der Waals surface area contributed by atoms with Crippen LogP contribution in [-0.2, 0) is 14.6 Å². The number of hydrogen-bond acceptors (Lipinski definition) is 5. The highest BCUT2D eigenvalue weighted by Crippen LogP contribution is 2.37. The van der Waals surface area contributed by atoms with E-state index in [2.05, 4.69) is 22.1 Å². The molecule has 0 aliphatic carbocycles. The molecule has 0 saturated carbocycles. The molecule has 4 rings (SSSR count). The molecule has 0 radical (unpaired) electrons. The van der Waals surface area contributed by atoms with Gasteiger partial charge in [0, 0.05) is 18.4 Å². The minimum absolute atomic E-state index is 0. The molecular formula is C25H27ClN4O3S. The second kappa shape index (κ2) is 10.4. The fraction of sp³-hybridized carbons (Fsp3) is 0.200. The van der Waals surface area contributed by atoms with Gasteiger partial charge < -0.3 is 10.2 Å². The van der Waals surface area contributed by atoms with Gasteiger partial charge in [-0.1, -0.05) is 54.6 Å². The zero-order valence-corrected chi connectivity index (χ0v) is 20.6. The molecule has 4 aromatic rings. The van der Waals surface area contributed by atoms with Crippen molar-refractivity contribution in [2.75, 3.05) is 26.0 Å². The second-order valence-corrected chi connectivity index (χ2v) is 10.1. The van der Waals surface area contributed by atoms with Crippen LogP contribution in [0.5, 0.6) is 0 Å². The maximum atomic E-state index is 13.8. The van der Waals surface area contributed by atoms with E-state index in [1.165, 1.54) is 6.08 Å². The van der Waals surface area contributed by atoms with Gasteiger partial charge in [0.15, 0.2) is 5.03 Å². The van der Waals surface area contributed by atoms with Crippen LogP contribution in [0.25, 0.3) is 21.7 Å². The standard InChI is InChI=1S/C25H26N4O3S.ClH/c1-4-22(19-12-7-10-17-9-5-6-11-18(17)19)33(31,32)25-20-13-8-14-21(24(20)27-28-25)26-23(30)15-16-29(2)3;/h4-14,22H,1,15-16H2,2-3H3,(H,26,30)(H,27,28);1H. The first-order valence-corrected chi connectivity index (χ1v) is 12.1. The van der Waals surface area contributed by atoms with E-state index in [4.69, 9.17) is 0 Å². The number of aromatic nitrogens is 2. The van der Waals surface area contributed by atoms with Crippen molar-refractivity contribution in [3.8, 4) is 0 Å². The molecule has 0 fully saturated rings. The van der Waals surface area contributed by atoms with Gasteiger partial charge in [0.05, 0.1) is 5.69 Å². The summed E-state index contributed by atoms with van der Waals surface area (Å²) in [6.45, 7) is 4.42. The lowest BCUT2D eigenvalue weighted by atomic mass is 10.0. The Morgan fingerprint density at radius 2 is 1.76 bits per heavy atom. The number of carbonyl (C=O) groups is 1. The number of benzene rings is 3. The number of carbonyl (C=O) groups excluding carboxylic acids is 1. The van der Waals surface area contributed by atoms with Crippen LogP contribution in [-0.4, -0.2) is 50.1 Å². The molecule has 0 aliphatic heterocycles. The third-order valence-electron chi connectivity index (χ3n) is 5.57. The predicted octanol–water partition coefficient (Wildman–Crippen LogP) is 4.73. The van der Waals surface area contributed by atoms with Crippen molar-refractivity contribution in [2.24, 2.45) is 0 Å². The number of aromatic amines is 1. The lowest BCUT2D eigenvalue weighted by Gasteiger charge is -2.16. The van der Waals surface area contributed by atoms with Gasteiger partial charge in [-0.15, -0.1) is 19.0 Å². The molecule has 3 aromatic carbocycles. The topological polar surface area (TPSA) is 95.2 Å². The van der Waals surface area contributed by atoms with E-state index in [-0.39, 0.29) is 23.3 Å². The number of halogens is 1. The molecule has 1 heterocycles. The van der Waals surface area contributed by atoms with Crippen LogP contribution in [0.15, 0.2) is 78.3 Å². The van der Waals surface area contributed by atoms with Gasteiger partial charge in [0.25, 0.3) is 0 Å². The summed E-state index contributed by atoms with van der Waals surface area (Å²) >= 11 is 0. The van der Waals surface area contributed by atoms with Gasteiger partial charge >= 0.3 is 0 Å². The van der Waals surface area contributed by atoms with Crippen molar-refractivity contribution < 1.29 is 13.2 Å². The summed E-state index contributed by atoms with van der Waals surface area (Å²) < 4.78 is 27.5. The lowest BCUT2D eigenvalue weighted by Crippen LogP contribution is -2.20. The minimum Gasteiger partial charge on any atom is -0.324 e. The maximum Gasteiger partial charge on any atom is 0.225 e. The summed E-state index contributed by atoms with van der Waals surface area (Å²) in [5, 5.41) is 11.1. The van der Waals surface area contributed by atoms with Crippen LogP contribution < -0.4 is 5.32 Å². The second-order valence-electron chi connectivity index (χ2n) is 8.13. The molecule has 34 heavy (non-hydrogen) atoms. The number of nitrogens with zero attached hydrogens (tertiary/aromatic N) is 2. The molecule has 1 amide bonds. The van der Waals surface area contributed by atoms with Crippen molar-refractivity contribution in [1.29, 1.82) is 0 Å². The third kappa shape index (κ3) is 4.84. The maximum absolute atomic E-state index is 13.8. The van der Waals surface area contributed by atoms with Crippen LogP contribution in [0.1, 0.15) is 17.2 Å². The van der Waals surface area contributed by atoms with E-state index in [9.17, 15) is 13.2 Å². The molecule has 0 aliphatic rings. The Morgan fingerprint density at radius 3 is 2.50 bits per heavy atom. The molecule has 9 heteroatoms. The average molecular weight is 499 g/mol. The van der Waals surface area contributed by atoms with E-state index in [1.807, 2.05) is 55.4 Å². The highest BCUT2D eigenvalue weighted by molar-refractivity contribution is 7.92. The minimum atomic E-state index is -3.90. The molecule has 1 unspecified atom stereocenters. The number of anilines is 1. The molecule has 1 atom stereocenters. The van der Waals surface area contributed by atoms with E-state index >= 15 is 0 Å². The van der Waals surface area contributed by atoms with Crippen molar-refractivity contribution in [1.82, 2.24) is 15.1 Å². The number of amides is 1. The number of fused-ring (bicyclic) bond motifs is 2. The van der Waals surface area contributed by atoms with E-state index in [0.717, 1.165) is 10.8 Å². The fourth-order valence-corrected chi connectivity index (χ4v) is 5.61. The Kier molecular flexibility index (Phi) is 7.76. The van der Waals surface area contributed by atoms with Gasteiger partial charge in [0.2, 0.25) is 15.7 Å². The number of H-pyrrole nitrogens is 1. The van der Waals surface area contributed by atoms with Crippen molar-refractivity contribution in [3.63, 3.8) is 0 Å². The first-order chi connectivity index (χ1) is 15.8. The van der Waals surface area contributed by atoms with Crippen molar-refractivity contribution in [3.05, 3.63) is 78.9 Å². The molecule has 0 spiro atoms. The number of para-hydroxylation sites is 1. The quantitative estimate of drug-likeness (QED) is 0.342. The zero-order chi connectivity index (χ0) is 23.6. The molecule has 0 saturated heterocycles. The van der Waals surface area contributed by atoms with Crippen molar-refractivity contribution in [2.45, 2.75) is 16.7 Å². The van der Waals surface area contributed by atoms with Crippen LogP contribution in [0.4, 0.5) is 5.69 Å². The molecule has 7 nitrogen and oxygen atoms in total. The van der Waals surface area contributed by atoms with E-state index in [0.29, 0.717) is 35.1 Å². The summed E-state index contributed by atoms with van der Waals surface area (Å²) in [6, 6.07) is 18.4. The van der Waals surface area contributed by atoms with Crippen molar-refractivity contribution >= 4 is 55.5 Å². The average Bonchev–Trinajstić information content (AvgIpc) is 3.24. The van der Waals surface area contributed by atoms with Gasteiger partial charge in [-0.05, 0) is 42.6 Å². The Labute approximate surface area is 205 Å². The Morgan fingerprint density at radius 1 is 1.09 bits per heavy atom. The first kappa shape index (κ1) is 25.4. The number of sulfone groups is 1. The predicted molar refractivity (Wildman–Crippen MR) is 139 cm³/mol. The monoisotopic (exact) mass is 498 g/mol. The van der Waals surface area contributed by atoms with Crippen LogP contribution in [0.2, 0.25) is 0 Å². The normalized spacial score (nSPS) is 12.4. The summed E-state index contributed by atoms with van der Waals surface area (Å²) in [4.78, 5) is 14.2. The fourth-order valence-electron chi connectivity index (χ4n) is 3.92. The van der Waals surface area contributed by atoms with Gasteiger partial charge in [-0.2, -0.15) is 5.10 Å². The number of hydrogen-bond donors (Lipinski definition) is 2. The molecule has 1 aromatic heterocycles. The van der Waals surface area contributed by atoms with Crippen LogP contribution in [0.3, 0.4) is 0 Å². The number of nitrogens with one attached hydrogen (secondary N) is 2. The first-order valence-electron chi connectivity index (χ1n) is 10.6. The zero-order valence-electron chi connectivity index (χ0n) is 19.0. The van der Waals surface area contributed by atoms with Crippen LogP contribution in [0, 0.1) is 0 Å². The highest BCUT2D eigenvalue weighted by Gasteiger charge is 2.31. The smallest absolute Gasteiger partial charge is 0.225 e. The number of rotatable bonds is 8. The summed E-state index contributed by atoms with van der Waals surface area (Å²) in [6.07, 6.45) is 1.76. The molecule has 178 valence electrons. The summed E-state index contributed by atoms with van der Waals surface area (Å²) in [5.41, 5.74) is 1.52. The molecule has 0 bridgehead atoms. The summed E-state index contributed by atoms with van der Waals surface area (Å²) in [5.74, 6) is -0.164. The van der Waals surface area contributed by atoms with Gasteiger partial charge in [-0.25, -0.2) is 8.42 Å². The van der Waals surface area contributed by atoms with E-state index in [1.54, 1.807) is 24.3 Å². The molecular weight excluding hydrogens is 472 g/mol. The Balaban J connectivity index is 0.00000324. The SMILES string of the molecule is C=CC(c1cccc2ccccc12)S(=O)(=O)c1[nH]nc2c(NC(=O)CCN(C)C)cccc12.Cl. The third-order valence-corrected chi connectivity index (χ3v) is 7.57. The molecule has 2 N–H and O–H groups in total. The van der Waals surface area contributed by atoms with E-state index < -0.39 is 15.1 Å². The lowest BCUT2D eigenvalue weighted by molar-refractivity contribution is -0.116. The van der Waals surface area contributed by atoms with Gasteiger partial charge in [-0.3, -0.25) is 9.89 Å². The highest BCUT2D eigenvalue weighted by atomic mass is 35.5. The van der Waals surface area contributed by atoms with Gasteiger partial charge in [0.1, 0.15) is 10.8 Å². The summed E-state index contributed by atoms with van der Waals surface area (Å²) in [7, 11) is -0.114. The Hall–Kier alpha value is -3.20.